The third-order valence-electron chi connectivity index (χ3n) is 5.87. The van der Waals surface area contributed by atoms with E-state index in [2.05, 4.69) is 9.88 Å². The number of carbonyl (C=O) groups is 1. The highest BCUT2D eigenvalue weighted by atomic mass is 16.5. The second kappa shape index (κ2) is 6.50. The Morgan fingerprint density at radius 1 is 1.09 bits per heavy atom. The largest absolute Gasteiger partial charge is 0.490 e. The van der Waals surface area contributed by atoms with Crippen LogP contribution in [0.25, 0.3) is 0 Å². The van der Waals surface area contributed by atoms with E-state index in [4.69, 9.17) is 4.74 Å². The highest BCUT2D eigenvalue weighted by Crippen LogP contribution is 2.39. The lowest BCUT2D eigenvalue weighted by Gasteiger charge is -2.39. The minimum Gasteiger partial charge on any atom is -0.490 e. The SMILES string of the molecule is O=C(CC1CCCC1)N1C2CCC1CC(Oc1ccncc1)C2. The van der Waals surface area contributed by atoms with Crippen LogP contribution in [0.1, 0.15) is 57.8 Å². The zero-order valence-electron chi connectivity index (χ0n) is 13.7. The summed E-state index contributed by atoms with van der Waals surface area (Å²) in [6.07, 6.45) is 14.0. The Labute approximate surface area is 138 Å². The van der Waals surface area contributed by atoms with Crippen LogP contribution in [-0.4, -0.2) is 34.0 Å². The van der Waals surface area contributed by atoms with Crippen molar-refractivity contribution in [3.63, 3.8) is 0 Å². The molecule has 0 aromatic carbocycles. The van der Waals surface area contributed by atoms with Crippen LogP contribution in [0.4, 0.5) is 0 Å². The summed E-state index contributed by atoms with van der Waals surface area (Å²) in [6.45, 7) is 0. The number of carbonyl (C=O) groups excluding carboxylic acids is 1. The van der Waals surface area contributed by atoms with E-state index >= 15 is 0 Å². The van der Waals surface area contributed by atoms with Gasteiger partial charge in [-0.2, -0.15) is 0 Å². The third-order valence-corrected chi connectivity index (χ3v) is 5.87. The molecule has 1 amide bonds. The maximum Gasteiger partial charge on any atom is 0.223 e. The van der Waals surface area contributed by atoms with Crippen molar-refractivity contribution in [3.05, 3.63) is 24.5 Å². The first-order valence-corrected chi connectivity index (χ1v) is 9.17. The smallest absolute Gasteiger partial charge is 0.223 e. The quantitative estimate of drug-likeness (QED) is 0.853. The lowest BCUT2D eigenvalue weighted by atomic mass is 9.96. The number of rotatable bonds is 4. The Balaban J connectivity index is 1.37. The van der Waals surface area contributed by atoms with Crippen molar-refractivity contribution in [2.24, 2.45) is 5.92 Å². The monoisotopic (exact) mass is 314 g/mol. The number of aromatic nitrogens is 1. The maximum atomic E-state index is 12.8. The summed E-state index contributed by atoms with van der Waals surface area (Å²) in [5.41, 5.74) is 0. The molecule has 0 radical (unpaired) electrons. The summed E-state index contributed by atoms with van der Waals surface area (Å²) in [6, 6.07) is 4.63. The van der Waals surface area contributed by atoms with Gasteiger partial charge in [0.2, 0.25) is 5.91 Å². The third kappa shape index (κ3) is 3.22. The molecule has 2 bridgehead atoms. The van der Waals surface area contributed by atoms with Gasteiger partial charge >= 0.3 is 0 Å². The maximum absolute atomic E-state index is 12.8. The summed E-state index contributed by atoms with van der Waals surface area (Å²) < 4.78 is 6.12. The molecule has 3 aliphatic rings. The number of fused-ring (bicyclic) bond motifs is 2. The molecule has 3 fully saturated rings. The predicted molar refractivity (Wildman–Crippen MR) is 88.1 cm³/mol. The van der Waals surface area contributed by atoms with E-state index in [1.807, 2.05) is 12.1 Å². The lowest BCUT2D eigenvalue weighted by molar-refractivity contribution is -0.138. The molecule has 3 heterocycles. The van der Waals surface area contributed by atoms with E-state index in [0.717, 1.165) is 37.9 Å². The number of piperidine rings is 1. The molecule has 1 aromatic rings. The highest BCUT2D eigenvalue weighted by Gasteiger charge is 2.44. The van der Waals surface area contributed by atoms with Crippen LogP contribution < -0.4 is 4.74 Å². The number of amides is 1. The molecule has 2 atom stereocenters. The first kappa shape index (κ1) is 15.0. The second-order valence-electron chi connectivity index (χ2n) is 7.43. The molecule has 2 unspecified atom stereocenters. The van der Waals surface area contributed by atoms with Gasteiger partial charge in [-0.15, -0.1) is 0 Å². The normalized spacial score (nSPS) is 30.6. The van der Waals surface area contributed by atoms with Gasteiger partial charge < -0.3 is 9.64 Å². The number of pyridine rings is 1. The first-order valence-electron chi connectivity index (χ1n) is 9.17. The van der Waals surface area contributed by atoms with Gasteiger partial charge in [-0.25, -0.2) is 0 Å². The Morgan fingerprint density at radius 3 is 2.39 bits per heavy atom. The van der Waals surface area contributed by atoms with E-state index < -0.39 is 0 Å². The second-order valence-corrected chi connectivity index (χ2v) is 7.43. The van der Waals surface area contributed by atoms with Crippen molar-refractivity contribution in [2.75, 3.05) is 0 Å². The fourth-order valence-corrected chi connectivity index (χ4v) is 4.81. The van der Waals surface area contributed by atoms with E-state index in [9.17, 15) is 4.79 Å². The van der Waals surface area contributed by atoms with Gasteiger partial charge in [0.05, 0.1) is 0 Å². The zero-order chi connectivity index (χ0) is 15.6. The van der Waals surface area contributed by atoms with Crippen LogP contribution in [0, 0.1) is 5.92 Å². The van der Waals surface area contributed by atoms with Crippen molar-refractivity contribution >= 4 is 5.91 Å². The highest BCUT2D eigenvalue weighted by molar-refractivity contribution is 5.77. The number of nitrogens with zero attached hydrogens (tertiary/aromatic N) is 2. The Hall–Kier alpha value is -1.58. The Morgan fingerprint density at radius 2 is 1.74 bits per heavy atom. The molecule has 1 aromatic heterocycles. The van der Waals surface area contributed by atoms with Crippen molar-refractivity contribution in [3.8, 4) is 5.75 Å². The Kier molecular flexibility index (Phi) is 4.23. The fourth-order valence-electron chi connectivity index (χ4n) is 4.81. The molecule has 23 heavy (non-hydrogen) atoms. The molecule has 1 saturated carbocycles. The van der Waals surface area contributed by atoms with Gasteiger partial charge in [0, 0.05) is 43.7 Å². The van der Waals surface area contributed by atoms with Gasteiger partial charge in [0.15, 0.2) is 0 Å². The average Bonchev–Trinajstić information content (AvgIpc) is 3.15. The van der Waals surface area contributed by atoms with Crippen LogP contribution in [0.2, 0.25) is 0 Å². The van der Waals surface area contributed by atoms with Crippen LogP contribution in [0.15, 0.2) is 24.5 Å². The summed E-state index contributed by atoms with van der Waals surface area (Å²) in [7, 11) is 0. The number of hydrogen-bond acceptors (Lipinski definition) is 3. The average molecular weight is 314 g/mol. The minimum absolute atomic E-state index is 0.241. The first-order chi connectivity index (χ1) is 11.3. The zero-order valence-corrected chi connectivity index (χ0v) is 13.7. The molecular formula is C19H26N2O2. The van der Waals surface area contributed by atoms with Crippen molar-refractivity contribution < 1.29 is 9.53 Å². The summed E-state index contributed by atoms with van der Waals surface area (Å²) in [4.78, 5) is 19.0. The molecule has 2 saturated heterocycles. The molecule has 124 valence electrons. The molecular weight excluding hydrogens is 288 g/mol. The standard InChI is InChI=1S/C19H26N2O2/c22-19(11-14-3-1-2-4-14)21-15-5-6-16(21)13-18(12-15)23-17-7-9-20-10-8-17/h7-10,14-16,18H,1-6,11-13H2. The van der Waals surface area contributed by atoms with E-state index in [0.29, 0.717) is 23.9 Å². The Bertz CT molecular complexity index is 528. The number of hydrogen-bond donors (Lipinski definition) is 0. The van der Waals surface area contributed by atoms with Crippen LogP contribution in [0.5, 0.6) is 5.75 Å². The van der Waals surface area contributed by atoms with Crippen molar-refractivity contribution in [1.82, 2.24) is 9.88 Å². The topological polar surface area (TPSA) is 42.4 Å². The van der Waals surface area contributed by atoms with Crippen LogP contribution >= 0.6 is 0 Å². The van der Waals surface area contributed by atoms with Crippen LogP contribution in [0.3, 0.4) is 0 Å². The number of ether oxygens (including phenoxy) is 1. The predicted octanol–water partition coefficient (Wildman–Crippen LogP) is 3.56. The summed E-state index contributed by atoms with van der Waals surface area (Å²) in [5.74, 6) is 1.95. The summed E-state index contributed by atoms with van der Waals surface area (Å²) in [5, 5.41) is 0. The molecule has 4 rings (SSSR count). The van der Waals surface area contributed by atoms with Gasteiger partial charge in [0.25, 0.3) is 0 Å². The molecule has 4 nitrogen and oxygen atoms in total. The lowest BCUT2D eigenvalue weighted by Crippen LogP contribution is -2.49. The molecule has 0 N–H and O–H groups in total. The molecule has 2 aliphatic heterocycles. The molecule has 4 heteroatoms. The fraction of sp³-hybridized carbons (Fsp3) is 0.684. The van der Waals surface area contributed by atoms with E-state index in [1.54, 1.807) is 12.4 Å². The van der Waals surface area contributed by atoms with Gasteiger partial charge in [-0.05, 0) is 43.7 Å². The van der Waals surface area contributed by atoms with Crippen molar-refractivity contribution in [2.45, 2.75) is 76.0 Å². The van der Waals surface area contributed by atoms with Gasteiger partial charge in [-0.3, -0.25) is 9.78 Å². The summed E-state index contributed by atoms with van der Waals surface area (Å²) >= 11 is 0. The van der Waals surface area contributed by atoms with Crippen LogP contribution in [-0.2, 0) is 4.79 Å². The molecule has 0 spiro atoms. The molecule has 1 aliphatic carbocycles. The van der Waals surface area contributed by atoms with Crippen molar-refractivity contribution in [1.29, 1.82) is 0 Å². The van der Waals surface area contributed by atoms with Gasteiger partial charge in [0.1, 0.15) is 11.9 Å². The minimum atomic E-state index is 0.241. The van der Waals surface area contributed by atoms with E-state index in [1.165, 1.54) is 25.7 Å². The van der Waals surface area contributed by atoms with E-state index in [-0.39, 0.29) is 6.10 Å². The van der Waals surface area contributed by atoms with Gasteiger partial charge in [-0.1, -0.05) is 12.8 Å².